The Morgan fingerprint density at radius 3 is 2.75 bits per heavy atom. The van der Waals surface area contributed by atoms with Gasteiger partial charge in [-0.05, 0) is 6.07 Å². The zero-order valence-electron chi connectivity index (χ0n) is 10.8. The van der Waals surface area contributed by atoms with Crippen molar-refractivity contribution in [3.63, 3.8) is 0 Å². The van der Waals surface area contributed by atoms with Gasteiger partial charge in [0.2, 0.25) is 0 Å². The molecule has 1 aliphatic heterocycles. The first-order chi connectivity index (χ1) is 9.58. The van der Waals surface area contributed by atoms with Crippen molar-refractivity contribution in [3.8, 4) is 0 Å². The van der Waals surface area contributed by atoms with Gasteiger partial charge in [0.1, 0.15) is 6.61 Å². The molecule has 1 heterocycles. The van der Waals surface area contributed by atoms with Crippen LogP contribution in [0.1, 0.15) is 5.56 Å². The maximum Gasteiger partial charge on any atom is 0.404 e. The fourth-order valence-corrected chi connectivity index (χ4v) is 2.06. The van der Waals surface area contributed by atoms with E-state index in [0.29, 0.717) is 31.9 Å². The summed E-state index contributed by atoms with van der Waals surface area (Å²) in [7, 11) is 0. The Hall–Kier alpha value is -2.35. The zero-order chi connectivity index (χ0) is 14.5. The molecule has 0 aliphatic carbocycles. The molecule has 8 heteroatoms. The van der Waals surface area contributed by atoms with Crippen molar-refractivity contribution in [2.24, 2.45) is 5.73 Å². The summed E-state index contributed by atoms with van der Waals surface area (Å²) in [5.74, 6) is 0. The Labute approximate surface area is 115 Å². The molecule has 0 saturated carbocycles. The van der Waals surface area contributed by atoms with Crippen LogP contribution in [-0.2, 0) is 16.1 Å². The molecule has 0 spiro atoms. The first-order valence-corrected chi connectivity index (χ1v) is 6.10. The van der Waals surface area contributed by atoms with E-state index in [1.807, 2.05) is 4.90 Å². The molecule has 2 rings (SSSR count). The van der Waals surface area contributed by atoms with Crippen molar-refractivity contribution in [2.75, 3.05) is 31.2 Å². The zero-order valence-corrected chi connectivity index (χ0v) is 10.8. The summed E-state index contributed by atoms with van der Waals surface area (Å²) in [6.07, 6.45) is -0.913. The second-order valence-corrected chi connectivity index (χ2v) is 4.28. The molecule has 1 amide bonds. The number of primary amides is 1. The van der Waals surface area contributed by atoms with Crippen LogP contribution in [-0.4, -0.2) is 37.3 Å². The van der Waals surface area contributed by atoms with E-state index >= 15 is 0 Å². The lowest BCUT2D eigenvalue weighted by molar-refractivity contribution is -0.384. The van der Waals surface area contributed by atoms with Gasteiger partial charge in [-0.1, -0.05) is 0 Å². The van der Waals surface area contributed by atoms with Gasteiger partial charge < -0.3 is 20.1 Å². The number of ether oxygens (including phenoxy) is 2. The van der Waals surface area contributed by atoms with Gasteiger partial charge in [0.25, 0.3) is 5.69 Å². The molecule has 8 nitrogen and oxygen atoms in total. The molecule has 1 aliphatic rings. The van der Waals surface area contributed by atoms with Gasteiger partial charge in [0.05, 0.1) is 18.1 Å². The van der Waals surface area contributed by atoms with E-state index in [9.17, 15) is 14.9 Å². The molecule has 1 saturated heterocycles. The predicted molar refractivity (Wildman–Crippen MR) is 70.5 cm³/mol. The van der Waals surface area contributed by atoms with Gasteiger partial charge >= 0.3 is 6.09 Å². The first kappa shape index (κ1) is 14.1. The van der Waals surface area contributed by atoms with Crippen LogP contribution in [0.5, 0.6) is 0 Å². The summed E-state index contributed by atoms with van der Waals surface area (Å²) in [4.78, 5) is 23.1. The number of amides is 1. The third kappa shape index (κ3) is 3.35. The summed E-state index contributed by atoms with van der Waals surface area (Å²) in [5, 5.41) is 10.8. The summed E-state index contributed by atoms with van der Waals surface area (Å²) >= 11 is 0. The van der Waals surface area contributed by atoms with Gasteiger partial charge in [0.15, 0.2) is 0 Å². The summed E-state index contributed by atoms with van der Waals surface area (Å²) < 4.78 is 10.0. The van der Waals surface area contributed by atoms with Crippen molar-refractivity contribution in [3.05, 3.63) is 33.9 Å². The van der Waals surface area contributed by atoms with Crippen LogP contribution in [0, 0.1) is 10.1 Å². The molecule has 1 fully saturated rings. The fraction of sp³-hybridized carbons (Fsp3) is 0.417. The highest BCUT2D eigenvalue weighted by Crippen LogP contribution is 2.27. The Balaban J connectivity index is 2.27. The lowest BCUT2D eigenvalue weighted by Crippen LogP contribution is -2.36. The van der Waals surface area contributed by atoms with Crippen molar-refractivity contribution >= 4 is 17.5 Å². The quantitative estimate of drug-likeness (QED) is 0.652. The number of nitrogens with zero attached hydrogens (tertiary/aromatic N) is 2. The highest BCUT2D eigenvalue weighted by Gasteiger charge is 2.18. The average molecular weight is 281 g/mol. The van der Waals surface area contributed by atoms with Crippen LogP contribution in [0.15, 0.2) is 18.2 Å². The lowest BCUT2D eigenvalue weighted by atomic mass is 10.1. The number of anilines is 1. The molecule has 1 aromatic carbocycles. The molecular formula is C12H15N3O5. The topological polar surface area (TPSA) is 108 Å². The van der Waals surface area contributed by atoms with Crippen LogP contribution in [0.2, 0.25) is 0 Å². The van der Waals surface area contributed by atoms with Crippen molar-refractivity contribution in [1.82, 2.24) is 0 Å². The van der Waals surface area contributed by atoms with E-state index in [4.69, 9.17) is 15.2 Å². The maximum absolute atomic E-state index is 10.8. The first-order valence-electron chi connectivity index (χ1n) is 6.10. The van der Waals surface area contributed by atoms with E-state index < -0.39 is 11.0 Å². The number of carbonyl (C=O) groups is 1. The molecule has 0 radical (unpaired) electrons. The third-order valence-corrected chi connectivity index (χ3v) is 3.00. The van der Waals surface area contributed by atoms with E-state index in [1.54, 1.807) is 6.07 Å². The smallest absolute Gasteiger partial charge is 0.404 e. The van der Waals surface area contributed by atoms with Gasteiger partial charge in [-0.15, -0.1) is 0 Å². The lowest BCUT2D eigenvalue weighted by Gasteiger charge is -2.30. The Bertz CT molecular complexity index is 514. The number of non-ortho nitro benzene ring substituents is 1. The standard InChI is InChI=1S/C12H15N3O5/c13-12(16)20-8-9-7-10(15(17)18)1-2-11(9)14-3-5-19-6-4-14/h1-2,7H,3-6,8H2,(H2,13,16). The largest absolute Gasteiger partial charge is 0.445 e. The molecule has 0 unspecified atom stereocenters. The van der Waals surface area contributed by atoms with Gasteiger partial charge in [-0.3, -0.25) is 10.1 Å². The van der Waals surface area contributed by atoms with Crippen molar-refractivity contribution < 1.29 is 19.2 Å². The molecule has 108 valence electrons. The summed E-state index contributed by atoms with van der Waals surface area (Å²) in [6.45, 7) is 2.45. The molecule has 20 heavy (non-hydrogen) atoms. The summed E-state index contributed by atoms with van der Waals surface area (Å²) in [5.41, 5.74) is 6.23. The molecular weight excluding hydrogens is 266 g/mol. The predicted octanol–water partition coefficient (Wildman–Crippen LogP) is 1.03. The second-order valence-electron chi connectivity index (χ2n) is 4.28. The average Bonchev–Trinajstić information content (AvgIpc) is 2.45. The fourth-order valence-electron chi connectivity index (χ4n) is 2.06. The number of hydrogen-bond acceptors (Lipinski definition) is 6. The SMILES string of the molecule is NC(=O)OCc1cc([N+](=O)[O-])ccc1N1CCOCC1. The number of nitrogens with two attached hydrogens (primary N) is 1. The Morgan fingerprint density at radius 2 is 2.15 bits per heavy atom. The van der Waals surface area contributed by atoms with Crippen molar-refractivity contribution in [1.29, 1.82) is 0 Å². The number of rotatable bonds is 4. The minimum atomic E-state index is -0.913. The van der Waals surface area contributed by atoms with Gasteiger partial charge in [-0.2, -0.15) is 0 Å². The molecule has 0 aromatic heterocycles. The highest BCUT2D eigenvalue weighted by molar-refractivity contribution is 5.65. The van der Waals surface area contributed by atoms with Crippen LogP contribution in [0.4, 0.5) is 16.2 Å². The minimum absolute atomic E-state index is 0.0509. The molecule has 0 bridgehead atoms. The normalized spacial score (nSPS) is 14.9. The van der Waals surface area contributed by atoms with E-state index in [2.05, 4.69) is 0 Å². The number of carbonyl (C=O) groups excluding carboxylic acids is 1. The van der Waals surface area contributed by atoms with Gasteiger partial charge in [0, 0.05) is 36.5 Å². The van der Waals surface area contributed by atoms with Crippen molar-refractivity contribution in [2.45, 2.75) is 6.61 Å². The molecule has 0 atom stereocenters. The number of benzene rings is 1. The highest BCUT2D eigenvalue weighted by atomic mass is 16.6. The van der Waals surface area contributed by atoms with Crippen LogP contribution < -0.4 is 10.6 Å². The Morgan fingerprint density at radius 1 is 1.45 bits per heavy atom. The molecule has 1 aromatic rings. The third-order valence-electron chi connectivity index (χ3n) is 3.00. The van der Waals surface area contributed by atoms with E-state index in [1.165, 1.54) is 12.1 Å². The number of morpholine rings is 1. The molecule has 2 N–H and O–H groups in total. The number of hydrogen-bond donors (Lipinski definition) is 1. The number of nitro groups is 1. The van der Waals surface area contributed by atoms with E-state index in [0.717, 1.165) is 5.69 Å². The van der Waals surface area contributed by atoms with Crippen LogP contribution in [0.25, 0.3) is 0 Å². The summed E-state index contributed by atoms with van der Waals surface area (Å²) in [6, 6.07) is 4.48. The van der Waals surface area contributed by atoms with Gasteiger partial charge in [-0.25, -0.2) is 4.79 Å². The minimum Gasteiger partial charge on any atom is -0.445 e. The second kappa shape index (κ2) is 6.20. The van der Waals surface area contributed by atoms with Crippen LogP contribution >= 0.6 is 0 Å². The maximum atomic E-state index is 10.8. The number of nitro benzene ring substituents is 1. The van der Waals surface area contributed by atoms with Crippen LogP contribution in [0.3, 0.4) is 0 Å². The van der Waals surface area contributed by atoms with E-state index in [-0.39, 0.29) is 12.3 Å². The Kier molecular flexibility index (Phi) is 4.36. The monoisotopic (exact) mass is 281 g/mol.